The molecule has 0 aliphatic carbocycles. The Balaban J connectivity index is 1.79. The Labute approximate surface area is 121 Å². The van der Waals surface area contributed by atoms with Crippen molar-refractivity contribution in [2.75, 3.05) is 19.8 Å². The highest BCUT2D eigenvalue weighted by Gasteiger charge is 2.43. The Hall–Kier alpha value is -2.15. The number of nitrogens with one attached hydrogen (secondary N) is 2. The molecule has 2 amide bonds. The number of carboxylic acid groups (broad SMARTS) is 1. The van der Waals surface area contributed by atoms with Crippen LogP contribution in [-0.2, 0) is 16.0 Å². The minimum atomic E-state index is -1.35. The number of hydrogen-bond donors (Lipinski definition) is 3. The van der Waals surface area contributed by atoms with E-state index in [0.29, 0.717) is 19.6 Å². The molecule has 3 N–H and O–H groups in total. The molecule has 0 aromatic heterocycles. The molecule has 1 heterocycles. The lowest BCUT2D eigenvalue weighted by Gasteiger charge is -2.23. The van der Waals surface area contributed by atoms with Crippen molar-refractivity contribution in [1.82, 2.24) is 10.6 Å². The van der Waals surface area contributed by atoms with Crippen LogP contribution in [0.1, 0.15) is 12.0 Å². The molecule has 1 fully saturated rings. The molecule has 2 rings (SSSR count). The van der Waals surface area contributed by atoms with E-state index in [1.54, 1.807) is 12.1 Å². The van der Waals surface area contributed by atoms with Crippen LogP contribution in [-0.4, -0.2) is 42.4 Å². The summed E-state index contributed by atoms with van der Waals surface area (Å²) < 4.78 is 17.8. The molecule has 6 nitrogen and oxygen atoms in total. The van der Waals surface area contributed by atoms with Crippen molar-refractivity contribution in [3.05, 3.63) is 35.6 Å². The van der Waals surface area contributed by atoms with Gasteiger partial charge >= 0.3 is 12.0 Å². The lowest BCUT2D eigenvalue weighted by atomic mass is 9.99. The first-order valence-electron chi connectivity index (χ1n) is 6.63. The van der Waals surface area contributed by atoms with E-state index < -0.39 is 17.5 Å². The maximum atomic E-state index is 12.7. The number of ether oxygens (including phenoxy) is 1. The predicted molar refractivity (Wildman–Crippen MR) is 72.4 cm³/mol. The van der Waals surface area contributed by atoms with Gasteiger partial charge in [0.05, 0.1) is 6.61 Å². The maximum absolute atomic E-state index is 12.7. The molecule has 0 spiro atoms. The first-order valence-corrected chi connectivity index (χ1v) is 6.63. The van der Waals surface area contributed by atoms with Gasteiger partial charge in [-0.15, -0.1) is 0 Å². The fourth-order valence-electron chi connectivity index (χ4n) is 2.12. The largest absolute Gasteiger partial charge is 0.479 e. The van der Waals surface area contributed by atoms with E-state index in [2.05, 4.69) is 10.6 Å². The second-order valence-corrected chi connectivity index (χ2v) is 4.95. The molecule has 0 radical (unpaired) electrons. The fraction of sp³-hybridized carbons (Fsp3) is 0.429. The smallest absolute Gasteiger partial charge is 0.332 e. The third kappa shape index (κ3) is 3.91. The van der Waals surface area contributed by atoms with Crippen LogP contribution in [0.3, 0.4) is 0 Å². The van der Waals surface area contributed by atoms with Crippen LogP contribution < -0.4 is 10.6 Å². The molecule has 1 aliphatic heterocycles. The molecule has 1 saturated heterocycles. The molecule has 114 valence electrons. The van der Waals surface area contributed by atoms with Crippen molar-refractivity contribution < 1.29 is 23.8 Å². The van der Waals surface area contributed by atoms with E-state index in [4.69, 9.17) is 4.74 Å². The van der Waals surface area contributed by atoms with Gasteiger partial charge in [0.1, 0.15) is 5.82 Å². The average molecular weight is 296 g/mol. The van der Waals surface area contributed by atoms with Crippen LogP contribution in [0.25, 0.3) is 0 Å². The molecule has 1 aromatic rings. The standard InChI is InChI=1S/C14H17FN2O4/c15-11-3-1-10(2-4-11)5-7-16-13(20)17-14(12(18)19)6-8-21-9-14/h1-4H,5-9H2,(H,18,19)(H2,16,17,20). The number of hydrogen-bond acceptors (Lipinski definition) is 3. The van der Waals surface area contributed by atoms with Crippen LogP contribution in [0.15, 0.2) is 24.3 Å². The Morgan fingerprint density at radius 2 is 2.05 bits per heavy atom. The summed E-state index contributed by atoms with van der Waals surface area (Å²) in [6.45, 7) is 0.601. The molecule has 1 unspecified atom stereocenters. The third-order valence-corrected chi connectivity index (χ3v) is 3.40. The highest BCUT2D eigenvalue weighted by Crippen LogP contribution is 2.18. The molecule has 0 bridgehead atoms. The summed E-state index contributed by atoms with van der Waals surface area (Å²) in [6.07, 6.45) is 0.776. The zero-order valence-corrected chi connectivity index (χ0v) is 11.4. The van der Waals surface area contributed by atoms with Gasteiger partial charge in [-0.2, -0.15) is 0 Å². The topological polar surface area (TPSA) is 87.7 Å². The van der Waals surface area contributed by atoms with Crippen LogP contribution >= 0.6 is 0 Å². The Morgan fingerprint density at radius 1 is 1.33 bits per heavy atom. The SMILES string of the molecule is O=C(NCCc1ccc(F)cc1)NC1(C(=O)O)CCOC1. The zero-order chi connectivity index (χ0) is 15.3. The van der Waals surface area contributed by atoms with Crippen LogP contribution in [0, 0.1) is 5.82 Å². The first-order chi connectivity index (χ1) is 10.0. The monoisotopic (exact) mass is 296 g/mol. The quantitative estimate of drug-likeness (QED) is 0.753. The van der Waals surface area contributed by atoms with E-state index in [-0.39, 0.29) is 18.8 Å². The molecular weight excluding hydrogens is 279 g/mol. The number of aliphatic carboxylic acids is 1. The summed E-state index contributed by atoms with van der Waals surface area (Å²) in [5.41, 5.74) is -0.464. The van der Waals surface area contributed by atoms with Gasteiger partial charge in [0, 0.05) is 19.6 Å². The molecular formula is C14H17FN2O4. The minimum Gasteiger partial charge on any atom is -0.479 e. The lowest BCUT2D eigenvalue weighted by Crippen LogP contribution is -2.57. The van der Waals surface area contributed by atoms with E-state index >= 15 is 0 Å². The Morgan fingerprint density at radius 3 is 2.62 bits per heavy atom. The number of urea groups is 1. The minimum absolute atomic E-state index is 0.0340. The summed E-state index contributed by atoms with van der Waals surface area (Å²) >= 11 is 0. The summed E-state index contributed by atoms with van der Waals surface area (Å²) in [5, 5.41) is 14.2. The molecule has 1 atom stereocenters. The highest BCUT2D eigenvalue weighted by atomic mass is 19.1. The summed E-state index contributed by atoms with van der Waals surface area (Å²) in [7, 11) is 0. The van der Waals surface area contributed by atoms with Crippen molar-refractivity contribution in [3.8, 4) is 0 Å². The van der Waals surface area contributed by atoms with Crippen LogP contribution in [0.4, 0.5) is 9.18 Å². The van der Waals surface area contributed by atoms with Crippen molar-refractivity contribution in [2.24, 2.45) is 0 Å². The molecule has 1 aromatic carbocycles. The predicted octanol–water partition coefficient (Wildman–Crippen LogP) is 0.911. The average Bonchev–Trinajstić information content (AvgIpc) is 2.91. The first kappa shape index (κ1) is 15.2. The highest BCUT2D eigenvalue weighted by molar-refractivity contribution is 5.86. The van der Waals surface area contributed by atoms with Gasteiger partial charge in [-0.05, 0) is 24.1 Å². The van der Waals surface area contributed by atoms with Crippen molar-refractivity contribution in [2.45, 2.75) is 18.4 Å². The molecule has 1 aliphatic rings. The number of halogens is 1. The Kier molecular flexibility index (Phi) is 4.74. The maximum Gasteiger partial charge on any atom is 0.332 e. The van der Waals surface area contributed by atoms with E-state index in [1.165, 1.54) is 12.1 Å². The van der Waals surface area contributed by atoms with Gasteiger partial charge in [-0.1, -0.05) is 12.1 Å². The van der Waals surface area contributed by atoms with Gasteiger partial charge in [0.15, 0.2) is 5.54 Å². The molecule has 7 heteroatoms. The van der Waals surface area contributed by atoms with E-state index in [0.717, 1.165) is 5.56 Å². The number of rotatable bonds is 5. The normalized spacial score (nSPS) is 21.0. The second kappa shape index (κ2) is 6.53. The fourth-order valence-corrected chi connectivity index (χ4v) is 2.12. The van der Waals surface area contributed by atoms with E-state index in [9.17, 15) is 19.1 Å². The van der Waals surface area contributed by atoms with Crippen LogP contribution in [0.5, 0.6) is 0 Å². The summed E-state index contributed by atoms with van der Waals surface area (Å²) in [5.74, 6) is -1.41. The van der Waals surface area contributed by atoms with Crippen molar-refractivity contribution >= 4 is 12.0 Å². The van der Waals surface area contributed by atoms with Crippen molar-refractivity contribution in [1.29, 1.82) is 0 Å². The zero-order valence-electron chi connectivity index (χ0n) is 11.4. The van der Waals surface area contributed by atoms with Crippen molar-refractivity contribution in [3.63, 3.8) is 0 Å². The van der Waals surface area contributed by atoms with Gasteiger partial charge in [-0.3, -0.25) is 0 Å². The number of carbonyl (C=O) groups excluding carboxylic acids is 1. The van der Waals surface area contributed by atoms with Gasteiger partial charge in [-0.25, -0.2) is 14.0 Å². The van der Waals surface area contributed by atoms with Gasteiger partial charge in [0.25, 0.3) is 0 Å². The van der Waals surface area contributed by atoms with Gasteiger partial charge in [0.2, 0.25) is 0 Å². The lowest BCUT2D eigenvalue weighted by molar-refractivity contribution is -0.144. The number of carboxylic acids is 1. The molecule has 21 heavy (non-hydrogen) atoms. The number of amides is 2. The van der Waals surface area contributed by atoms with Gasteiger partial charge < -0.3 is 20.5 Å². The second-order valence-electron chi connectivity index (χ2n) is 4.95. The third-order valence-electron chi connectivity index (χ3n) is 3.40. The Bertz CT molecular complexity index is 512. The van der Waals surface area contributed by atoms with Crippen LogP contribution in [0.2, 0.25) is 0 Å². The van der Waals surface area contributed by atoms with E-state index in [1.807, 2.05) is 0 Å². The number of carbonyl (C=O) groups is 2. The summed E-state index contributed by atoms with van der Waals surface area (Å²) in [6, 6.07) is 5.43. The summed E-state index contributed by atoms with van der Waals surface area (Å²) in [4.78, 5) is 23.0. The number of benzene rings is 1. The molecule has 0 saturated carbocycles.